The van der Waals surface area contributed by atoms with Gasteiger partial charge in [0.25, 0.3) is 5.88 Å². The number of nitrogens with zero attached hydrogens (tertiary/aromatic N) is 1. The number of rotatable bonds is 12. The lowest BCUT2D eigenvalue weighted by molar-refractivity contribution is -0.118. The summed E-state index contributed by atoms with van der Waals surface area (Å²) in [5.74, 6) is -0.979. The molecule has 35 heavy (non-hydrogen) atoms. The molecule has 0 radical (unpaired) electrons. The van der Waals surface area contributed by atoms with Crippen molar-refractivity contribution in [1.29, 1.82) is 0 Å². The smallest absolute Gasteiger partial charge is 0.420 e. The number of carbonyl (C=O) groups is 3. The van der Waals surface area contributed by atoms with Crippen molar-refractivity contribution in [3.63, 3.8) is 0 Å². The number of aromatic nitrogens is 1. The van der Waals surface area contributed by atoms with Gasteiger partial charge < -0.3 is 19.9 Å². The molecule has 0 fully saturated rings. The zero-order chi connectivity index (χ0) is 25.8. The third kappa shape index (κ3) is 9.01. The molecule has 3 N–H and O–H groups in total. The van der Waals surface area contributed by atoms with E-state index in [9.17, 15) is 14.4 Å². The van der Waals surface area contributed by atoms with Crippen molar-refractivity contribution in [2.24, 2.45) is 5.73 Å². The Labute approximate surface area is 206 Å². The van der Waals surface area contributed by atoms with E-state index in [0.29, 0.717) is 5.92 Å². The zero-order valence-electron chi connectivity index (χ0n) is 20.8. The van der Waals surface area contributed by atoms with Gasteiger partial charge in [-0.3, -0.25) is 10.1 Å². The summed E-state index contributed by atoms with van der Waals surface area (Å²) < 4.78 is 16.6. The molecule has 9 heteroatoms. The van der Waals surface area contributed by atoms with Gasteiger partial charge >= 0.3 is 12.1 Å². The van der Waals surface area contributed by atoms with E-state index in [0.717, 1.165) is 31.2 Å². The van der Waals surface area contributed by atoms with Crippen LogP contribution < -0.4 is 20.5 Å². The van der Waals surface area contributed by atoms with Gasteiger partial charge in [0, 0.05) is 12.3 Å². The van der Waals surface area contributed by atoms with Crippen molar-refractivity contribution in [2.75, 3.05) is 6.54 Å². The molecule has 2 aromatic rings. The fourth-order valence-electron chi connectivity index (χ4n) is 3.29. The van der Waals surface area contributed by atoms with Gasteiger partial charge in [0.05, 0.1) is 12.1 Å². The summed E-state index contributed by atoms with van der Waals surface area (Å²) in [7, 11) is 0. The van der Waals surface area contributed by atoms with Crippen LogP contribution in [0.5, 0.6) is 11.6 Å². The van der Waals surface area contributed by atoms with Gasteiger partial charge in [-0.2, -0.15) is 0 Å². The molecule has 0 bridgehead atoms. The molecule has 0 aliphatic carbocycles. The molecule has 0 saturated heterocycles. The van der Waals surface area contributed by atoms with Gasteiger partial charge in [-0.25, -0.2) is 14.6 Å². The van der Waals surface area contributed by atoms with Gasteiger partial charge in [-0.1, -0.05) is 64.8 Å². The number of carbonyl (C=O) groups excluding carboxylic acids is 3. The molecule has 0 atom stereocenters. The first-order valence-electron chi connectivity index (χ1n) is 11.9. The lowest BCUT2D eigenvalue weighted by Crippen LogP contribution is -2.37. The van der Waals surface area contributed by atoms with E-state index in [4.69, 9.17) is 19.9 Å². The van der Waals surface area contributed by atoms with E-state index in [1.54, 1.807) is 0 Å². The minimum Gasteiger partial charge on any atom is -0.483 e. The maximum Gasteiger partial charge on any atom is 0.420 e. The van der Waals surface area contributed by atoms with Gasteiger partial charge in [-0.15, -0.1) is 0 Å². The summed E-state index contributed by atoms with van der Waals surface area (Å²) in [4.78, 5) is 40.2. The number of hydrogen-bond donors (Lipinski definition) is 2. The minimum atomic E-state index is -1.06. The van der Waals surface area contributed by atoms with Gasteiger partial charge in [0.2, 0.25) is 5.91 Å². The molecule has 0 aliphatic rings. The normalized spacial score (nSPS) is 10.8. The second-order valence-corrected chi connectivity index (χ2v) is 8.46. The summed E-state index contributed by atoms with van der Waals surface area (Å²) in [6.07, 6.45) is 3.31. The highest BCUT2D eigenvalue weighted by molar-refractivity contribution is 5.93. The lowest BCUT2D eigenvalue weighted by atomic mass is 10.0. The number of imide groups is 1. The number of benzene rings is 1. The van der Waals surface area contributed by atoms with Crippen LogP contribution in [0.2, 0.25) is 0 Å². The van der Waals surface area contributed by atoms with Crippen LogP contribution in [-0.4, -0.2) is 35.6 Å². The van der Waals surface area contributed by atoms with Crippen molar-refractivity contribution in [3.05, 3.63) is 53.2 Å². The molecule has 9 nitrogen and oxygen atoms in total. The first-order valence-corrected chi connectivity index (χ1v) is 11.9. The third-order valence-corrected chi connectivity index (χ3v) is 5.21. The molecule has 2 rings (SSSR count). The maximum atomic E-state index is 12.8. The first-order chi connectivity index (χ1) is 16.8. The number of hydrogen-bond acceptors (Lipinski definition) is 8. The van der Waals surface area contributed by atoms with Crippen molar-refractivity contribution < 1.29 is 28.6 Å². The topological polar surface area (TPSA) is 130 Å². The predicted octanol–water partition coefficient (Wildman–Crippen LogP) is 4.48. The van der Waals surface area contributed by atoms with Gasteiger partial charge in [-0.05, 0) is 29.9 Å². The molecule has 0 saturated carbocycles. The number of nitrogens with two attached hydrogens (primary N) is 1. The van der Waals surface area contributed by atoms with Crippen LogP contribution in [0.25, 0.3) is 0 Å². The largest absolute Gasteiger partial charge is 0.483 e. The highest BCUT2D eigenvalue weighted by Gasteiger charge is 2.20. The Balaban J connectivity index is 2.24. The second-order valence-electron chi connectivity index (χ2n) is 8.46. The van der Waals surface area contributed by atoms with Crippen LogP contribution in [0.15, 0.2) is 36.5 Å². The molecule has 1 heterocycles. The Morgan fingerprint density at radius 3 is 2.29 bits per heavy atom. The summed E-state index contributed by atoms with van der Waals surface area (Å²) in [5.41, 5.74) is 7.44. The molecular weight excluding hydrogens is 450 g/mol. The van der Waals surface area contributed by atoms with Crippen LogP contribution in [0.4, 0.5) is 4.79 Å². The molecule has 2 amide bonds. The fourth-order valence-corrected chi connectivity index (χ4v) is 3.29. The Kier molecular flexibility index (Phi) is 11.2. The SMILES string of the molecule is CCCC(CCC)OC(=O)c1cnc(OC(=O)NC(=O)CN)c(OCc2ccc(C(C)C)cc2)c1. The quantitative estimate of drug-likeness (QED) is 0.421. The van der Waals surface area contributed by atoms with E-state index in [1.165, 1.54) is 17.8 Å². The molecule has 0 spiro atoms. The molecule has 1 aromatic heterocycles. The Bertz CT molecular complexity index is 985. The Morgan fingerprint density at radius 1 is 1.06 bits per heavy atom. The Morgan fingerprint density at radius 2 is 1.71 bits per heavy atom. The van der Waals surface area contributed by atoms with Crippen molar-refractivity contribution in [2.45, 2.75) is 72.0 Å². The molecule has 190 valence electrons. The van der Waals surface area contributed by atoms with Crippen LogP contribution in [0, 0.1) is 0 Å². The van der Waals surface area contributed by atoms with Crippen molar-refractivity contribution in [3.8, 4) is 11.6 Å². The maximum absolute atomic E-state index is 12.8. The monoisotopic (exact) mass is 485 g/mol. The third-order valence-electron chi connectivity index (χ3n) is 5.21. The average Bonchev–Trinajstić information content (AvgIpc) is 2.83. The van der Waals surface area contributed by atoms with E-state index in [-0.39, 0.29) is 36.4 Å². The lowest BCUT2D eigenvalue weighted by Gasteiger charge is -2.17. The number of esters is 1. The van der Waals surface area contributed by atoms with Crippen LogP contribution in [0.1, 0.15) is 80.8 Å². The van der Waals surface area contributed by atoms with E-state index < -0.39 is 18.0 Å². The number of pyridine rings is 1. The predicted molar refractivity (Wildman–Crippen MR) is 131 cm³/mol. The molecule has 1 aromatic carbocycles. The molecule has 0 aliphatic heterocycles. The van der Waals surface area contributed by atoms with Crippen molar-refractivity contribution >= 4 is 18.0 Å². The Hall–Kier alpha value is -3.46. The van der Waals surface area contributed by atoms with Crippen LogP contribution >= 0.6 is 0 Å². The summed E-state index contributed by atoms with van der Waals surface area (Å²) in [6, 6.07) is 9.32. The first kappa shape index (κ1) is 27.8. The van der Waals surface area contributed by atoms with E-state index in [1.807, 2.05) is 43.4 Å². The van der Waals surface area contributed by atoms with Gasteiger partial charge in [0.1, 0.15) is 12.7 Å². The van der Waals surface area contributed by atoms with Crippen molar-refractivity contribution in [1.82, 2.24) is 10.3 Å². The zero-order valence-corrected chi connectivity index (χ0v) is 20.8. The summed E-state index contributed by atoms with van der Waals surface area (Å²) in [5, 5.41) is 1.98. The number of nitrogens with one attached hydrogen (secondary N) is 1. The van der Waals surface area contributed by atoms with Crippen LogP contribution in [0.3, 0.4) is 0 Å². The molecular formula is C26H35N3O6. The number of ether oxygens (including phenoxy) is 3. The molecule has 0 unspecified atom stereocenters. The fraction of sp³-hybridized carbons (Fsp3) is 0.462. The highest BCUT2D eigenvalue weighted by atomic mass is 16.6. The number of amides is 2. The minimum absolute atomic E-state index is 0.0604. The summed E-state index contributed by atoms with van der Waals surface area (Å²) in [6.45, 7) is 8.05. The standard InChI is InChI=1S/C26H35N3O6/c1-5-7-21(8-6-2)34-25(31)20-13-22(24(28-15-20)35-26(32)29-23(30)14-27)33-16-18-9-11-19(12-10-18)17(3)4/h9-13,15,17,21H,5-8,14,16,27H2,1-4H3,(H,29,30,32). The summed E-state index contributed by atoms with van der Waals surface area (Å²) >= 11 is 0. The van der Waals surface area contributed by atoms with E-state index in [2.05, 4.69) is 18.8 Å². The average molecular weight is 486 g/mol. The van der Waals surface area contributed by atoms with E-state index >= 15 is 0 Å². The second kappa shape index (κ2) is 14.1. The van der Waals surface area contributed by atoms with Gasteiger partial charge in [0.15, 0.2) is 5.75 Å². The highest BCUT2D eigenvalue weighted by Crippen LogP contribution is 2.28. The van der Waals surface area contributed by atoms with Crippen LogP contribution in [-0.2, 0) is 16.1 Å².